The summed E-state index contributed by atoms with van der Waals surface area (Å²) in [5.41, 5.74) is 0. The fraction of sp³-hybridized carbons (Fsp3) is 0.867. The molecule has 0 N–H and O–H groups in total. The summed E-state index contributed by atoms with van der Waals surface area (Å²) in [6.07, 6.45) is 5.98. The molecular formula is C15H26N2O2. The Morgan fingerprint density at radius 1 is 1.37 bits per heavy atom. The van der Waals surface area contributed by atoms with Crippen molar-refractivity contribution in [3.05, 3.63) is 0 Å². The lowest BCUT2D eigenvalue weighted by Crippen LogP contribution is -2.45. The van der Waals surface area contributed by atoms with Crippen molar-refractivity contribution in [2.45, 2.75) is 58.4 Å². The Morgan fingerprint density at radius 2 is 2.16 bits per heavy atom. The highest BCUT2D eigenvalue weighted by Gasteiger charge is 2.37. The second-order valence-corrected chi connectivity index (χ2v) is 5.97. The minimum absolute atomic E-state index is 0.0927. The highest BCUT2D eigenvalue weighted by molar-refractivity contribution is 5.89. The van der Waals surface area contributed by atoms with Crippen LogP contribution in [0.5, 0.6) is 0 Å². The van der Waals surface area contributed by atoms with Crippen LogP contribution in [0.1, 0.15) is 52.4 Å². The van der Waals surface area contributed by atoms with E-state index in [9.17, 15) is 9.59 Å². The van der Waals surface area contributed by atoms with Gasteiger partial charge in [0.2, 0.25) is 11.8 Å². The van der Waals surface area contributed by atoms with E-state index in [0.717, 1.165) is 38.8 Å². The summed E-state index contributed by atoms with van der Waals surface area (Å²) in [6, 6.07) is 0.348. The highest BCUT2D eigenvalue weighted by Crippen LogP contribution is 2.24. The SMILES string of the molecule is CCCCN1C[C@H](C(=O)N2CCCC[C@H]2C)CC1=O. The molecule has 0 aromatic carbocycles. The molecule has 108 valence electrons. The first kappa shape index (κ1) is 14.4. The van der Waals surface area contributed by atoms with E-state index >= 15 is 0 Å². The molecule has 0 aliphatic carbocycles. The van der Waals surface area contributed by atoms with Crippen molar-refractivity contribution in [1.82, 2.24) is 9.80 Å². The second-order valence-electron chi connectivity index (χ2n) is 5.97. The van der Waals surface area contributed by atoms with Crippen molar-refractivity contribution < 1.29 is 9.59 Å². The van der Waals surface area contributed by atoms with Gasteiger partial charge < -0.3 is 9.80 Å². The molecule has 0 bridgehead atoms. The summed E-state index contributed by atoms with van der Waals surface area (Å²) in [6.45, 7) is 6.58. The van der Waals surface area contributed by atoms with Crippen LogP contribution in [0, 0.1) is 5.92 Å². The Hall–Kier alpha value is -1.06. The lowest BCUT2D eigenvalue weighted by Gasteiger charge is -2.35. The number of hydrogen-bond donors (Lipinski definition) is 0. The molecule has 2 saturated heterocycles. The van der Waals surface area contributed by atoms with E-state index in [1.807, 2.05) is 9.80 Å². The minimum atomic E-state index is -0.0927. The lowest BCUT2D eigenvalue weighted by molar-refractivity contribution is -0.139. The molecule has 2 fully saturated rings. The van der Waals surface area contributed by atoms with Crippen molar-refractivity contribution >= 4 is 11.8 Å². The van der Waals surface area contributed by atoms with Gasteiger partial charge in [-0.15, -0.1) is 0 Å². The summed E-state index contributed by atoms with van der Waals surface area (Å²) < 4.78 is 0. The molecule has 19 heavy (non-hydrogen) atoms. The molecule has 0 spiro atoms. The first-order valence-corrected chi connectivity index (χ1v) is 7.71. The molecule has 2 aliphatic heterocycles. The van der Waals surface area contributed by atoms with Gasteiger partial charge in [-0.25, -0.2) is 0 Å². The van der Waals surface area contributed by atoms with Gasteiger partial charge in [-0.2, -0.15) is 0 Å². The third kappa shape index (κ3) is 3.28. The molecule has 2 aliphatic rings. The number of carbonyl (C=O) groups excluding carboxylic acids is 2. The Morgan fingerprint density at radius 3 is 2.84 bits per heavy atom. The van der Waals surface area contributed by atoms with Gasteiger partial charge in [0, 0.05) is 32.1 Å². The molecule has 0 aromatic heterocycles. The van der Waals surface area contributed by atoms with Crippen LogP contribution >= 0.6 is 0 Å². The maximum absolute atomic E-state index is 12.5. The fourth-order valence-electron chi connectivity index (χ4n) is 3.16. The first-order chi connectivity index (χ1) is 9.13. The Balaban J connectivity index is 1.91. The number of nitrogens with zero attached hydrogens (tertiary/aromatic N) is 2. The summed E-state index contributed by atoms with van der Waals surface area (Å²) >= 11 is 0. The fourth-order valence-corrected chi connectivity index (χ4v) is 3.16. The van der Waals surface area contributed by atoms with Gasteiger partial charge in [0.15, 0.2) is 0 Å². The smallest absolute Gasteiger partial charge is 0.228 e. The van der Waals surface area contributed by atoms with E-state index in [2.05, 4.69) is 13.8 Å². The van der Waals surface area contributed by atoms with Crippen LogP contribution in [-0.4, -0.2) is 47.3 Å². The summed E-state index contributed by atoms with van der Waals surface area (Å²) in [5.74, 6) is 0.279. The minimum Gasteiger partial charge on any atom is -0.342 e. The van der Waals surface area contributed by atoms with Gasteiger partial charge in [0.05, 0.1) is 5.92 Å². The Bertz CT molecular complexity index is 343. The van der Waals surface area contributed by atoms with Crippen molar-refractivity contribution in [2.75, 3.05) is 19.6 Å². The normalized spacial score (nSPS) is 28.0. The highest BCUT2D eigenvalue weighted by atomic mass is 16.2. The van der Waals surface area contributed by atoms with Gasteiger partial charge in [0.25, 0.3) is 0 Å². The predicted molar refractivity (Wildman–Crippen MR) is 74.6 cm³/mol. The van der Waals surface area contributed by atoms with Gasteiger partial charge in [-0.05, 0) is 32.6 Å². The topological polar surface area (TPSA) is 40.6 Å². The number of likely N-dealkylation sites (tertiary alicyclic amines) is 2. The molecule has 2 heterocycles. The summed E-state index contributed by atoms with van der Waals surface area (Å²) in [5, 5.41) is 0. The monoisotopic (exact) mass is 266 g/mol. The number of carbonyl (C=O) groups is 2. The molecule has 0 radical (unpaired) electrons. The zero-order chi connectivity index (χ0) is 13.8. The zero-order valence-corrected chi connectivity index (χ0v) is 12.2. The van der Waals surface area contributed by atoms with Crippen molar-refractivity contribution in [3.8, 4) is 0 Å². The van der Waals surface area contributed by atoms with Crippen LogP contribution in [-0.2, 0) is 9.59 Å². The molecular weight excluding hydrogens is 240 g/mol. The Labute approximate surface area is 116 Å². The number of hydrogen-bond acceptors (Lipinski definition) is 2. The lowest BCUT2D eigenvalue weighted by atomic mass is 9.99. The van der Waals surface area contributed by atoms with Crippen LogP contribution in [0.2, 0.25) is 0 Å². The third-order valence-electron chi connectivity index (χ3n) is 4.43. The molecule has 4 heteroatoms. The maximum atomic E-state index is 12.5. The van der Waals surface area contributed by atoms with Crippen LogP contribution < -0.4 is 0 Å². The van der Waals surface area contributed by atoms with Crippen LogP contribution in [0.15, 0.2) is 0 Å². The quantitative estimate of drug-likeness (QED) is 0.781. The summed E-state index contributed by atoms with van der Waals surface area (Å²) in [4.78, 5) is 28.3. The summed E-state index contributed by atoms with van der Waals surface area (Å²) in [7, 11) is 0. The second kappa shape index (κ2) is 6.40. The number of piperidine rings is 1. The number of rotatable bonds is 4. The molecule has 0 aromatic rings. The molecule has 0 unspecified atom stereocenters. The van der Waals surface area contributed by atoms with E-state index < -0.39 is 0 Å². The van der Waals surface area contributed by atoms with E-state index in [0.29, 0.717) is 19.0 Å². The largest absolute Gasteiger partial charge is 0.342 e. The number of amides is 2. The molecule has 4 nitrogen and oxygen atoms in total. The average Bonchev–Trinajstić information content (AvgIpc) is 2.77. The van der Waals surface area contributed by atoms with Gasteiger partial charge in [-0.3, -0.25) is 9.59 Å². The first-order valence-electron chi connectivity index (χ1n) is 7.71. The van der Waals surface area contributed by atoms with E-state index in [1.165, 1.54) is 6.42 Å². The van der Waals surface area contributed by atoms with Crippen LogP contribution in [0.4, 0.5) is 0 Å². The van der Waals surface area contributed by atoms with Gasteiger partial charge in [0.1, 0.15) is 0 Å². The molecule has 2 rings (SSSR count). The van der Waals surface area contributed by atoms with E-state index in [-0.39, 0.29) is 17.7 Å². The van der Waals surface area contributed by atoms with Crippen molar-refractivity contribution in [1.29, 1.82) is 0 Å². The van der Waals surface area contributed by atoms with E-state index in [1.54, 1.807) is 0 Å². The van der Waals surface area contributed by atoms with Crippen molar-refractivity contribution in [2.24, 2.45) is 5.92 Å². The molecule has 2 amide bonds. The van der Waals surface area contributed by atoms with Crippen LogP contribution in [0.25, 0.3) is 0 Å². The average molecular weight is 266 g/mol. The zero-order valence-electron chi connectivity index (χ0n) is 12.2. The standard InChI is InChI=1S/C15H26N2O2/c1-3-4-8-16-11-13(10-14(16)18)15(19)17-9-6-5-7-12(17)2/h12-13H,3-11H2,1-2H3/t12-,13-/m1/s1. The van der Waals surface area contributed by atoms with Crippen molar-refractivity contribution in [3.63, 3.8) is 0 Å². The van der Waals surface area contributed by atoms with Gasteiger partial charge >= 0.3 is 0 Å². The van der Waals surface area contributed by atoms with Gasteiger partial charge in [-0.1, -0.05) is 13.3 Å². The van der Waals surface area contributed by atoms with Crippen LogP contribution in [0.3, 0.4) is 0 Å². The maximum Gasteiger partial charge on any atom is 0.228 e. The predicted octanol–water partition coefficient (Wildman–Crippen LogP) is 2.04. The molecule has 0 saturated carbocycles. The molecule has 2 atom stereocenters. The number of unbranched alkanes of at least 4 members (excludes halogenated alkanes) is 1. The van der Waals surface area contributed by atoms with E-state index in [4.69, 9.17) is 0 Å². The Kier molecular flexibility index (Phi) is 4.83. The third-order valence-corrected chi connectivity index (χ3v) is 4.43.